The average Bonchev–Trinajstić information content (AvgIpc) is 3.51. The predicted octanol–water partition coefficient (Wildman–Crippen LogP) is 3.74. The van der Waals surface area contributed by atoms with Crippen LogP contribution in [0.2, 0.25) is 0 Å². The lowest BCUT2D eigenvalue weighted by Gasteiger charge is -2.12. The molecule has 4 aromatic rings. The third kappa shape index (κ3) is 3.94. The number of hydrogen-bond donors (Lipinski definition) is 2. The van der Waals surface area contributed by atoms with Crippen LogP contribution in [-0.4, -0.2) is 35.4 Å². The summed E-state index contributed by atoms with van der Waals surface area (Å²) < 4.78 is 3.15. The van der Waals surface area contributed by atoms with Crippen LogP contribution in [0.3, 0.4) is 0 Å². The van der Waals surface area contributed by atoms with E-state index in [1.54, 1.807) is 10.7 Å². The molecule has 33 heavy (non-hydrogen) atoms. The maximum Gasteiger partial charge on any atom is 0.263 e. The van der Waals surface area contributed by atoms with Gasteiger partial charge in [0.2, 0.25) is 11.9 Å². The van der Waals surface area contributed by atoms with Gasteiger partial charge < -0.3 is 5.32 Å². The maximum absolute atomic E-state index is 12.9. The predicted molar refractivity (Wildman–Crippen MR) is 126 cm³/mol. The summed E-state index contributed by atoms with van der Waals surface area (Å²) in [5.41, 5.74) is 3.85. The van der Waals surface area contributed by atoms with Crippen LogP contribution in [0.1, 0.15) is 48.9 Å². The van der Waals surface area contributed by atoms with Gasteiger partial charge in [-0.15, -0.1) is 0 Å². The van der Waals surface area contributed by atoms with Crippen LogP contribution in [0, 0.1) is 26.7 Å². The molecule has 1 saturated carbocycles. The van der Waals surface area contributed by atoms with Crippen molar-refractivity contribution in [3.8, 4) is 11.6 Å². The fraction of sp³-hybridized carbons (Fsp3) is 0.375. The Bertz CT molecular complexity index is 1410. The first-order valence-corrected chi connectivity index (χ1v) is 11.3. The van der Waals surface area contributed by atoms with Gasteiger partial charge in [0.05, 0.1) is 17.6 Å². The number of H-pyrrole nitrogens is 1. The van der Waals surface area contributed by atoms with E-state index in [9.17, 15) is 9.59 Å². The molecule has 9 heteroatoms. The minimum Gasteiger partial charge on any atom is -0.310 e. The molecule has 1 aliphatic carbocycles. The summed E-state index contributed by atoms with van der Waals surface area (Å²) in [5.74, 6) is 1.09. The van der Waals surface area contributed by atoms with Gasteiger partial charge in [0.15, 0.2) is 5.65 Å². The number of fused-ring (bicyclic) bond motifs is 1. The van der Waals surface area contributed by atoms with Gasteiger partial charge in [-0.1, -0.05) is 25.0 Å². The van der Waals surface area contributed by atoms with Gasteiger partial charge in [-0.05, 0) is 56.7 Å². The zero-order valence-electron chi connectivity index (χ0n) is 19.1. The van der Waals surface area contributed by atoms with Crippen molar-refractivity contribution in [2.75, 3.05) is 5.32 Å². The number of nitrogens with zero attached hydrogens (tertiary/aromatic N) is 5. The number of hydrogen-bond acceptors (Lipinski definition) is 5. The molecule has 9 nitrogen and oxygen atoms in total. The molecule has 1 aromatic carbocycles. The van der Waals surface area contributed by atoms with E-state index in [2.05, 4.69) is 20.5 Å². The van der Waals surface area contributed by atoms with E-state index in [1.807, 2.05) is 39.0 Å². The standard InChI is InChI=1S/C24H27N7O2/c1-14-7-6-10-19(16(14)3)30-22-18(13-25-30)23(33)28-24(27-22)31-20(11-15(2)29-31)26-21(32)12-17-8-4-5-9-17/h6-7,10-11,13,17H,4-5,8-9,12H2,1-3H3,(H,26,32)(H,27,28,33). The topological polar surface area (TPSA) is 110 Å². The SMILES string of the molecule is Cc1cc(NC(=O)CC2CCCC2)n(-c2nc3c(cnn3-c3cccc(C)c3C)c(=O)[nH]2)n1. The first-order valence-electron chi connectivity index (χ1n) is 11.3. The highest BCUT2D eigenvalue weighted by Crippen LogP contribution is 2.28. The number of rotatable bonds is 5. The Morgan fingerprint density at radius 3 is 2.76 bits per heavy atom. The molecule has 2 N–H and O–H groups in total. The number of carbonyl (C=O) groups is 1. The molecule has 0 unspecified atom stereocenters. The van der Waals surface area contributed by atoms with E-state index in [0.29, 0.717) is 34.9 Å². The van der Waals surface area contributed by atoms with Gasteiger partial charge in [0, 0.05) is 12.5 Å². The molecule has 170 valence electrons. The Hall–Kier alpha value is -3.75. The minimum atomic E-state index is -0.317. The summed E-state index contributed by atoms with van der Waals surface area (Å²) in [4.78, 5) is 33.0. The highest BCUT2D eigenvalue weighted by Gasteiger charge is 2.21. The summed E-state index contributed by atoms with van der Waals surface area (Å²) >= 11 is 0. The van der Waals surface area contributed by atoms with Crippen LogP contribution in [0.5, 0.6) is 0 Å². The molecule has 0 bridgehead atoms. The molecule has 1 fully saturated rings. The summed E-state index contributed by atoms with van der Waals surface area (Å²) in [6.45, 7) is 5.88. The van der Waals surface area contributed by atoms with Gasteiger partial charge in [-0.2, -0.15) is 19.9 Å². The monoisotopic (exact) mass is 445 g/mol. The number of amides is 1. The lowest BCUT2D eigenvalue weighted by atomic mass is 10.0. The molecule has 1 amide bonds. The van der Waals surface area contributed by atoms with Crippen molar-refractivity contribution in [1.82, 2.24) is 29.5 Å². The van der Waals surface area contributed by atoms with Gasteiger partial charge in [0.25, 0.3) is 5.56 Å². The van der Waals surface area contributed by atoms with Crippen LogP contribution in [-0.2, 0) is 4.79 Å². The molecular weight excluding hydrogens is 418 g/mol. The number of benzene rings is 1. The van der Waals surface area contributed by atoms with Crippen molar-refractivity contribution >= 4 is 22.8 Å². The number of anilines is 1. The van der Waals surface area contributed by atoms with Crippen molar-refractivity contribution in [2.24, 2.45) is 5.92 Å². The van der Waals surface area contributed by atoms with Gasteiger partial charge >= 0.3 is 0 Å². The third-order valence-corrected chi connectivity index (χ3v) is 6.48. The van der Waals surface area contributed by atoms with E-state index in [1.165, 1.54) is 23.7 Å². The van der Waals surface area contributed by atoms with E-state index < -0.39 is 0 Å². The Balaban J connectivity index is 1.55. The largest absolute Gasteiger partial charge is 0.310 e. The van der Waals surface area contributed by atoms with Gasteiger partial charge in [-0.3, -0.25) is 14.6 Å². The fourth-order valence-electron chi connectivity index (χ4n) is 4.57. The van der Waals surface area contributed by atoms with Crippen molar-refractivity contribution in [1.29, 1.82) is 0 Å². The smallest absolute Gasteiger partial charge is 0.263 e. The number of nitrogens with one attached hydrogen (secondary N) is 2. The zero-order valence-corrected chi connectivity index (χ0v) is 19.1. The number of aryl methyl sites for hydroxylation is 2. The molecule has 0 saturated heterocycles. The van der Waals surface area contributed by atoms with E-state index in [-0.39, 0.29) is 17.4 Å². The molecule has 3 aromatic heterocycles. The first kappa shape index (κ1) is 21.1. The van der Waals surface area contributed by atoms with Crippen LogP contribution in [0.25, 0.3) is 22.7 Å². The molecule has 0 atom stereocenters. The molecular formula is C24H27N7O2. The van der Waals surface area contributed by atoms with E-state index in [0.717, 1.165) is 29.7 Å². The minimum absolute atomic E-state index is 0.0492. The van der Waals surface area contributed by atoms with Crippen molar-refractivity contribution in [3.05, 3.63) is 57.6 Å². The van der Waals surface area contributed by atoms with Crippen LogP contribution >= 0.6 is 0 Å². The number of aromatic nitrogens is 6. The highest BCUT2D eigenvalue weighted by atomic mass is 16.1. The second-order valence-electron chi connectivity index (χ2n) is 8.89. The second kappa shape index (κ2) is 8.31. The summed E-state index contributed by atoms with van der Waals surface area (Å²) in [7, 11) is 0. The molecule has 0 radical (unpaired) electrons. The normalized spacial score (nSPS) is 14.3. The van der Waals surface area contributed by atoms with Gasteiger partial charge in [0.1, 0.15) is 11.2 Å². The molecule has 0 aliphatic heterocycles. The van der Waals surface area contributed by atoms with Crippen molar-refractivity contribution < 1.29 is 4.79 Å². The number of aromatic amines is 1. The molecule has 1 aliphatic rings. The van der Waals surface area contributed by atoms with E-state index in [4.69, 9.17) is 4.98 Å². The number of carbonyl (C=O) groups excluding carboxylic acids is 1. The molecule has 5 rings (SSSR count). The van der Waals surface area contributed by atoms with Crippen molar-refractivity contribution in [2.45, 2.75) is 52.9 Å². The molecule has 3 heterocycles. The summed E-state index contributed by atoms with van der Waals surface area (Å²) in [5, 5.41) is 12.2. The third-order valence-electron chi connectivity index (χ3n) is 6.48. The Labute approximate surface area is 190 Å². The average molecular weight is 446 g/mol. The van der Waals surface area contributed by atoms with Crippen LogP contribution < -0.4 is 10.9 Å². The first-order chi connectivity index (χ1) is 15.9. The summed E-state index contributed by atoms with van der Waals surface area (Å²) in [6.07, 6.45) is 6.58. The van der Waals surface area contributed by atoms with Crippen molar-refractivity contribution in [3.63, 3.8) is 0 Å². The van der Waals surface area contributed by atoms with Crippen LogP contribution in [0.4, 0.5) is 5.82 Å². The lowest BCUT2D eigenvalue weighted by Crippen LogP contribution is -2.20. The Morgan fingerprint density at radius 1 is 1.18 bits per heavy atom. The van der Waals surface area contributed by atoms with Gasteiger partial charge in [-0.25, -0.2) is 4.68 Å². The highest BCUT2D eigenvalue weighted by molar-refractivity contribution is 5.90. The summed E-state index contributed by atoms with van der Waals surface area (Å²) in [6, 6.07) is 7.71. The quantitative estimate of drug-likeness (QED) is 0.486. The lowest BCUT2D eigenvalue weighted by molar-refractivity contribution is -0.117. The zero-order chi connectivity index (χ0) is 23.1. The Morgan fingerprint density at radius 2 is 1.97 bits per heavy atom. The fourth-order valence-corrected chi connectivity index (χ4v) is 4.57. The molecule has 0 spiro atoms. The maximum atomic E-state index is 12.9. The Kier molecular flexibility index (Phi) is 5.32. The van der Waals surface area contributed by atoms with Crippen LogP contribution in [0.15, 0.2) is 35.3 Å². The second-order valence-corrected chi connectivity index (χ2v) is 8.89. The van der Waals surface area contributed by atoms with E-state index >= 15 is 0 Å².